The van der Waals surface area contributed by atoms with Crippen LogP contribution in [0.2, 0.25) is 15.1 Å². The summed E-state index contributed by atoms with van der Waals surface area (Å²) in [5.41, 5.74) is 5.89. The van der Waals surface area contributed by atoms with Gasteiger partial charge >= 0.3 is 0 Å². The smallest absolute Gasteiger partial charge is 0.271 e. The van der Waals surface area contributed by atoms with E-state index in [1.54, 1.807) is 0 Å². The molecule has 3 aromatic carbocycles. The van der Waals surface area contributed by atoms with E-state index in [-0.39, 0.29) is 11.6 Å². The number of hydrogen-bond acceptors (Lipinski definition) is 3. The third-order valence-electron chi connectivity index (χ3n) is 6.74. The van der Waals surface area contributed by atoms with E-state index in [9.17, 15) is 4.79 Å². The van der Waals surface area contributed by atoms with Gasteiger partial charge in [0.25, 0.3) is 5.56 Å². The highest BCUT2D eigenvalue weighted by Gasteiger charge is 2.33. The fraction of sp³-hybridized carbons (Fsp3) is 0.133. The molecule has 2 aliphatic rings. The average molecular weight is 564 g/mol. The van der Waals surface area contributed by atoms with Gasteiger partial charge in [-0.25, -0.2) is 4.99 Å². The molecule has 0 bridgehead atoms. The molecule has 4 aromatic rings. The first-order valence-corrected chi connectivity index (χ1v) is 13.9. The van der Waals surface area contributed by atoms with Crippen molar-refractivity contribution in [1.29, 1.82) is 0 Å². The quantitative estimate of drug-likeness (QED) is 0.255. The fourth-order valence-electron chi connectivity index (χ4n) is 5.02. The summed E-state index contributed by atoms with van der Waals surface area (Å²) in [4.78, 5) is 19.6. The van der Waals surface area contributed by atoms with Crippen molar-refractivity contribution in [3.05, 3.63) is 141 Å². The van der Waals surface area contributed by atoms with Gasteiger partial charge in [0.1, 0.15) is 0 Å². The molecule has 184 valence electrons. The number of thiazole rings is 1. The Morgan fingerprint density at radius 1 is 0.865 bits per heavy atom. The van der Waals surface area contributed by atoms with E-state index in [1.807, 2.05) is 83.4 Å². The molecule has 0 saturated heterocycles. The monoisotopic (exact) mass is 562 g/mol. The van der Waals surface area contributed by atoms with Gasteiger partial charge in [-0.05, 0) is 83.5 Å². The molecule has 37 heavy (non-hydrogen) atoms. The Kier molecular flexibility index (Phi) is 6.68. The lowest BCUT2D eigenvalue weighted by molar-refractivity contribution is 0.553. The van der Waals surface area contributed by atoms with Crippen molar-refractivity contribution in [1.82, 2.24) is 4.57 Å². The Morgan fingerprint density at radius 2 is 1.59 bits per heavy atom. The summed E-state index contributed by atoms with van der Waals surface area (Å²) in [6, 6.07) is 22.7. The first kappa shape index (κ1) is 24.4. The van der Waals surface area contributed by atoms with Gasteiger partial charge < -0.3 is 0 Å². The van der Waals surface area contributed by atoms with E-state index in [2.05, 4.69) is 6.08 Å². The van der Waals surface area contributed by atoms with Crippen molar-refractivity contribution in [3.8, 4) is 0 Å². The molecule has 0 spiro atoms. The fourth-order valence-corrected chi connectivity index (χ4v) is 6.58. The van der Waals surface area contributed by atoms with Gasteiger partial charge in [-0.1, -0.05) is 94.7 Å². The van der Waals surface area contributed by atoms with Crippen LogP contribution < -0.4 is 14.9 Å². The molecule has 0 saturated carbocycles. The molecule has 1 aromatic heterocycles. The van der Waals surface area contributed by atoms with Crippen molar-refractivity contribution in [2.45, 2.75) is 25.3 Å². The highest BCUT2D eigenvalue weighted by atomic mass is 35.5. The molecule has 6 rings (SSSR count). The third-order valence-corrected chi connectivity index (χ3v) is 8.66. The Labute approximate surface area is 233 Å². The molecule has 3 nitrogen and oxygen atoms in total. The lowest BCUT2D eigenvalue weighted by Crippen LogP contribution is -2.39. The van der Waals surface area contributed by atoms with E-state index in [0.717, 1.165) is 52.8 Å². The van der Waals surface area contributed by atoms with E-state index < -0.39 is 0 Å². The zero-order valence-corrected chi connectivity index (χ0v) is 22.7. The lowest BCUT2D eigenvalue weighted by atomic mass is 9.84. The maximum absolute atomic E-state index is 13.8. The number of nitrogens with zero attached hydrogens (tertiary/aromatic N) is 2. The number of halogens is 3. The molecule has 0 unspecified atom stereocenters. The normalized spacial score (nSPS) is 18.5. The van der Waals surface area contributed by atoms with E-state index >= 15 is 0 Å². The SMILES string of the molecule is O=c1/c(=C\c2ccc(Cl)cc2)sc2n1[C@H](c1ccccc1Cl)C1=C(N=2)/C(=C/c2ccccc2Cl)CCC1. The van der Waals surface area contributed by atoms with Gasteiger partial charge in [-0.2, -0.15) is 0 Å². The predicted molar refractivity (Wildman–Crippen MR) is 154 cm³/mol. The van der Waals surface area contributed by atoms with E-state index in [1.165, 1.54) is 11.3 Å². The average Bonchev–Trinajstić information content (AvgIpc) is 3.21. The van der Waals surface area contributed by atoms with Gasteiger partial charge in [-0.15, -0.1) is 0 Å². The van der Waals surface area contributed by atoms with Gasteiger partial charge in [0.2, 0.25) is 0 Å². The first-order valence-electron chi connectivity index (χ1n) is 12.0. The van der Waals surface area contributed by atoms with Crippen LogP contribution in [0.1, 0.15) is 42.0 Å². The largest absolute Gasteiger partial charge is 0.272 e. The van der Waals surface area contributed by atoms with Crippen LogP contribution >= 0.6 is 46.1 Å². The van der Waals surface area contributed by atoms with Crippen molar-refractivity contribution in [2.75, 3.05) is 0 Å². The molecule has 1 atom stereocenters. The molecular weight excluding hydrogens is 543 g/mol. The summed E-state index contributed by atoms with van der Waals surface area (Å²) in [7, 11) is 0. The maximum Gasteiger partial charge on any atom is 0.271 e. The second-order valence-electron chi connectivity index (χ2n) is 9.07. The number of rotatable bonds is 3. The molecule has 7 heteroatoms. The van der Waals surface area contributed by atoms with Crippen LogP contribution in [-0.4, -0.2) is 4.57 Å². The third kappa shape index (κ3) is 4.64. The lowest BCUT2D eigenvalue weighted by Gasteiger charge is -2.31. The van der Waals surface area contributed by atoms with Crippen LogP contribution in [0.4, 0.5) is 0 Å². The number of benzene rings is 3. The van der Waals surface area contributed by atoms with Crippen molar-refractivity contribution in [3.63, 3.8) is 0 Å². The second kappa shape index (κ2) is 10.1. The summed E-state index contributed by atoms with van der Waals surface area (Å²) in [5.74, 6) is 0. The molecule has 2 heterocycles. The topological polar surface area (TPSA) is 34.4 Å². The number of aromatic nitrogens is 1. The van der Waals surface area contributed by atoms with Crippen LogP contribution in [0.3, 0.4) is 0 Å². The van der Waals surface area contributed by atoms with Crippen LogP contribution in [0.25, 0.3) is 12.2 Å². The zero-order valence-electron chi connectivity index (χ0n) is 19.6. The van der Waals surface area contributed by atoms with Crippen LogP contribution in [0.5, 0.6) is 0 Å². The molecule has 0 radical (unpaired) electrons. The Hall–Kier alpha value is -2.89. The Bertz CT molecular complexity index is 1760. The Balaban J connectivity index is 1.60. The summed E-state index contributed by atoms with van der Waals surface area (Å²) in [6.45, 7) is 0. The Morgan fingerprint density at radius 3 is 2.35 bits per heavy atom. The van der Waals surface area contributed by atoms with Crippen molar-refractivity contribution < 1.29 is 0 Å². The second-order valence-corrected chi connectivity index (χ2v) is 11.3. The molecular formula is C30H21Cl3N2OS. The van der Waals surface area contributed by atoms with Crippen LogP contribution in [0, 0.1) is 0 Å². The molecule has 0 N–H and O–H groups in total. The zero-order chi connectivity index (χ0) is 25.5. The summed E-state index contributed by atoms with van der Waals surface area (Å²) in [6.07, 6.45) is 6.72. The molecule has 1 aliphatic carbocycles. The number of hydrogen-bond donors (Lipinski definition) is 0. The standard InChI is InChI=1S/C30H21Cl3N2OS/c31-21-14-12-18(13-15-21)16-26-29(36)35-28(22-8-2-4-11-25(22)33)23-9-5-7-20(27(23)34-30(35)37-26)17-19-6-1-3-10-24(19)32/h1-4,6,8,10-17,28H,5,7,9H2/b20-17+,26-16+/t28-/m1/s1. The summed E-state index contributed by atoms with van der Waals surface area (Å²) < 4.78 is 2.43. The first-order chi connectivity index (χ1) is 18.0. The highest BCUT2D eigenvalue weighted by Crippen LogP contribution is 2.42. The van der Waals surface area contributed by atoms with Crippen LogP contribution in [0.15, 0.2) is 99.4 Å². The van der Waals surface area contributed by atoms with Gasteiger partial charge in [0.05, 0.1) is 16.3 Å². The van der Waals surface area contributed by atoms with Crippen LogP contribution in [-0.2, 0) is 0 Å². The number of allylic oxidation sites excluding steroid dienone is 2. The minimum atomic E-state index is -0.317. The minimum Gasteiger partial charge on any atom is -0.272 e. The predicted octanol–water partition coefficient (Wildman–Crippen LogP) is 7.44. The molecule has 0 fully saturated rings. The van der Waals surface area contributed by atoms with Gasteiger partial charge in [0.15, 0.2) is 4.80 Å². The van der Waals surface area contributed by atoms with E-state index in [4.69, 9.17) is 39.8 Å². The van der Waals surface area contributed by atoms with Crippen molar-refractivity contribution in [2.24, 2.45) is 4.99 Å². The molecule has 0 amide bonds. The summed E-state index contributed by atoms with van der Waals surface area (Å²) in [5, 5.41) is 1.99. The summed E-state index contributed by atoms with van der Waals surface area (Å²) >= 11 is 20.7. The maximum atomic E-state index is 13.8. The highest BCUT2D eigenvalue weighted by molar-refractivity contribution is 7.07. The molecule has 1 aliphatic heterocycles. The van der Waals surface area contributed by atoms with Crippen molar-refractivity contribution >= 4 is 58.3 Å². The number of fused-ring (bicyclic) bond motifs is 1. The minimum absolute atomic E-state index is 0.0719. The van der Waals surface area contributed by atoms with Gasteiger partial charge in [0, 0.05) is 15.1 Å². The van der Waals surface area contributed by atoms with Gasteiger partial charge in [-0.3, -0.25) is 9.36 Å². The van der Waals surface area contributed by atoms with E-state index in [0.29, 0.717) is 24.4 Å².